The van der Waals surface area contributed by atoms with Gasteiger partial charge in [0.2, 0.25) is 0 Å². The van der Waals surface area contributed by atoms with Crippen molar-refractivity contribution in [3.63, 3.8) is 0 Å². The number of hydrogen-bond acceptors (Lipinski definition) is 4. The van der Waals surface area contributed by atoms with E-state index < -0.39 is 0 Å². The molecule has 5 heteroatoms. The molecule has 1 aliphatic rings. The number of aliphatic hydroxyl groups excluding tert-OH is 1. The SMILES string of the molecule is Cc1c(NC2CC(O)C2(C)C)cccc1[N+](=O)[O-]. The quantitative estimate of drug-likeness (QED) is 0.638. The highest BCUT2D eigenvalue weighted by Gasteiger charge is 2.47. The smallest absolute Gasteiger partial charge is 0.274 e. The van der Waals surface area contributed by atoms with Gasteiger partial charge in [-0.15, -0.1) is 0 Å². The van der Waals surface area contributed by atoms with E-state index in [2.05, 4.69) is 5.32 Å². The summed E-state index contributed by atoms with van der Waals surface area (Å²) in [4.78, 5) is 10.5. The summed E-state index contributed by atoms with van der Waals surface area (Å²) in [5.41, 5.74) is 1.34. The van der Waals surface area contributed by atoms with E-state index in [0.29, 0.717) is 12.0 Å². The molecule has 0 amide bonds. The summed E-state index contributed by atoms with van der Waals surface area (Å²) in [5.74, 6) is 0. The fourth-order valence-corrected chi connectivity index (χ4v) is 2.31. The Morgan fingerprint density at radius 1 is 1.50 bits per heavy atom. The van der Waals surface area contributed by atoms with E-state index >= 15 is 0 Å². The van der Waals surface area contributed by atoms with Gasteiger partial charge in [-0.3, -0.25) is 10.1 Å². The molecule has 0 spiro atoms. The summed E-state index contributed by atoms with van der Waals surface area (Å²) in [6.07, 6.45) is 0.365. The molecule has 1 aromatic carbocycles. The fraction of sp³-hybridized carbons (Fsp3) is 0.538. The highest BCUT2D eigenvalue weighted by atomic mass is 16.6. The van der Waals surface area contributed by atoms with Gasteiger partial charge in [0.15, 0.2) is 0 Å². The first-order valence-electron chi connectivity index (χ1n) is 6.02. The van der Waals surface area contributed by atoms with Crippen LogP contribution in [0.15, 0.2) is 18.2 Å². The molecule has 98 valence electrons. The maximum Gasteiger partial charge on any atom is 0.274 e. The molecule has 0 aromatic heterocycles. The number of nitrogens with one attached hydrogen (secondary N) is 1. The first-order chi connectivity index (χ1) is 8.34. The summed E-state index contributed by atoms with van der Waals surface area (Å²) < 4.78 is 0. The van der Waals surface area contributed by atoms with E-state index in [0.717, 1.165) is 5.69 Å². The Balaban J connectivity index is 2.21. The monoisotopic (exact) mass is 250 g/mol. The topological polar surface area (TPSA) is 75.4 Å². The summed E-state index contributed by atoms with van der Waals surface area (Å²) >= 11 is 0. The average molecular weight is 250 g/mol. The van der Waals surface area contributed by atoms with E-state index in [1.54, 1.807) is 13.0 Å². The average Bonchev–Trinajstić information content (AvgIpc) is 2.30. The lowest BCUT2D eigenvalue weighted by Crippen LogP contribution is -2.56. The van der Waals surface area contributed by atoms with Crippen molar-refractivity contribution < 1.29 is 10.0 Å². The Labute approximate surface area is 106 Å². The minimum absolute atomic E-state index is 0.123. The van der Waals surface area contributed by atoms with Crippen molar-refractivity contribution in [2.24, 2.45) is 5.41 Å². The molecule has 0 bridgehead atoms. The van der Waals surface area contributed by atoms with Crippen LogP contribution in [0.1, 0.15) is 25.8 Å². The zero-order valence-electron chi connectivity index (χ0n) is 10.8. The van der Waals surface area contributed by atoms with Gasteiger partial charge < -0.3 is 10.4 Å². The molecule has 2 N–H and O–H groups in total. The van der Waals surface area contributed by atoms with E-state index in [4.69, 9.17) is 0 Å². The lowest BCUT2D eigenvalue weighted by Gasteiger charge is -2.50. The van der Waals surface area contributed by atoms with Crippen molar-refractivity contribution in [3.8, 4) is 0 Å². The van der Waals surface area contributed by atoms with Gasteiger partial charge in [0.1, 0.15) is 0 Å². The molecule has 18 heavy (non-hydrogen) atoms. The molecule has 2 atom stereocenters. The van der Waals surface area contributed by atoms with Gasteiger partial charge in [-0.1, -0.05) is 19.9 Å². The van der Waals surface area contributed by atoms with Gasteiger partial charge in [0.05, 0.1) is 11.0 Å². The molecule has 0 radical (unpaired) electrons. The fourth-order valence-electron chi connectivity index (χ4n) is 2.31. The zero-order valence-corrected chi connectivity index (χ0v) is 10.8. The summed E-state index contributed by atoms with van der Waals surface area (Å²) in [5, 5.41) is 23.8. The van der Waals surface area contributed by atoms with Crippen LogP contribution in [-0.2, 0) is 0 Å². The molecule has 1 fully saturated rings. The second-order valence-electron chi connectivity index (χ2n) is 5.48. The van der Waals surface area contributed by atoms with E-state index in [1.165, 1.54) is 6.07 Å². The minimum atomic E-state index is -0.374. The van der Waals surface area contributed by atoms with Gasteiger partial charge in [-0.2, -0.15) is 0 Å². The summed E-state index contributed by atoms with van der Waals surface area (Å²) in [7, 11) is 0. The number of nitro groups is 1. The van der Waals surface area contributed by atoms with Crippen LogP contribution in [0.2, 0.25) is 0 Å². The number of rotatable bonds is 3. The Bertz CT molecular complexity index is 485. The van der Waals surface area contributed by atoms with E-state index in [-0.39, 0.29) is 28.2 Å². The first kappa shape index (κ1) is 12.8. The third-order valence-corrected chi connectivity index (χ3v) is 4.05. The summed E-state index contributed by atoms with van der Waals surface area (Å²) in [6, 6.07) is 5.16. The first-order valence-corrected chi connectivity index (χ1v) is 6.02. The standard InChI is InChI=1S/C13H18N2O3/c1-8-9(5-4-6-10(8)15(17)18)14-11-7-12(16)13(11,2)3/h4-6,11-12,14,16H,7H2,1-3H3. The minimum Gasteiger partial charge on any atom is -0.392 e. The predicted molar refractivity (Wildman–Crippen MR) is 69.6 cm³/mol. The Hall–Kier alpha value is -1.62. The van der Waals surface area contributed by atoms with Crippen molar-refractivity contribution in [2.75, 3.05) is 5.32 Å². The molecule has 1 aromatic rings. The van der Waals surface area contributed by atoms with Gasteiger partial charge >= 0.3 is 0 Å². The van der Waals surface area contributed by atoms with Crippen LogP contribution in [0.25, 0.3) is 0 Å². The van der Waals surface area contributed by atoms with Crippen LogP contribution < -0.4 is 5.32 Å². The Kier molecular flexibility index (Phi) is 3.02. The normalized spacial score (nSPS) is 25.3. The van der Waals surface area contributed by atoms with Crippen molar-refractivity contribution in [2.45, 2.75) is 39.3 Å². The number of hydrogen-bond donors (Lipinski definition) is 2. The molecule has 1 aliphatic carbocycles. The second kappa shape index (κ2) is 4.24. The summed E-state index contributed by atoms with van der Waals surface area (Å²) in [6.45, 7) is 5.72. The van der Waals surface area contributed by atoms with Crippen LogP contribution in [0.3, 0.4) is 0 Å². The highest BCUT2D eigenvalue weighted by Crippen LogP contribution is 2.42. The third-order valence-electron chi connectivity index (χ3n) is 4.05. The van der Waals surface area contributed by atoms with E-state index in [1.807, 2.05) is 19.9 Å². The maximum atomic E-state index is 10.9. The molecule has 0 aliphatic heterocycles. The molecule has 0 saturated heterocycles. The number of nitrogens with zero attached hydrogens (tertiary/aromatic N) is 1. The number of aliphatic hydroxyl groups is 1. The highest BCUT2D eigenvalue weighted by molar-refractivity contribution is 5.60. The van der Waals surface area contributed by atoms with Crippen molar-refractivity contribution >= 4 is 11.4 Å². The van der Waals surface area contributed by atoms with Gasteiger partial charge in [-0.05, 0) is 19.4 Å². The van der Waals surface area contributed by atoms with Crippen LogP contribution >= 0.6 is 0 Å². The predicted octanol–water partition coefficient (Wildman–Crippen LogP) is 2.47. The van der Waals surface area contributed by atoms with Crippen LogP contribution in [0, 0.1) is 22.5 Å². The van der Waals surface area contributed by atoms with Crippen LogP contribution in [-0.4, -0.2) is 22.2 Å². The Morgan fingerprint density at radius 3 is 2.67 bits per heavy atom. The van der Waals surface area contributed by atoms with Crippen molar-refractivity contribution in [1.29, 1.82) is 0 Å². The van der Waals surface area contributed by atoms with Crippen LogP contribution in [0.4, 0.5) is 11.4 Å². The number of anilines is 1. The van der Waals surface area contributed by atoms with Gasteiger partial charge in [0.25, 0.3) is 5.69 Å². The van der Waals surface area contributed by atoms with Gasteiger partial charge in [0, 0.05) is 28.8 Å². The molecular formula is C13H18N2O3. The van der Waals surface area contributed by atoms with Gasteiger partial charge in [-0.25, -0.2) is 0 Å². The molecule has 1 saturated carbocycles. The molecular weight excluding hydrogens is 232 g/mol. The zero-order chi connectivity index (χ0) is 13.5. The van der Waals surface area contributed by atoms with Crippen molar-refractivity contribution in [1.82, 2.24) is 0 Å². The van der Waals surface area contributed by atoms with Crippen LogP contribution in [0.5, 0.6) is 0 Å². The number of nitro benzene ring substituents is 1. The van der Waals surface area contributed by atoms with E-state index in [9.17, 15) is 15.2 Å². The Morgan fingerprint density at radius 2 is 2.17 bits per heavy atom. The maximum absolute atomic E-state index is 10.9. The largest absolute Gasteiger partial charge is 0.392 e. The molecule has 0 heterocycles. The lowest BCUT2D eigenvalue weighted by molar-refractivity contribution is -0.385. The lowest BCUT2D eigenvalue weighted by atomic mass is 9.64. The molecule has 5 nitrogen and oxygen atoms in total. The molecule has 2 rings (SSSR count). The third kappa shape index (κ3) is 1.95. The van der Waals surface area contributed by atoms with Crippen molar-refractivity contribution in [3.05, 3.63) is 33.9 Å². The second-order valence-corrected chi connectivity index (χ2v) is 5.48. The number of benzene rings is 1. The molecule has 2 unspecified atom stereocenters.